The fraction of sp³-hybridized carbons (Fsp3) is 0.667. The van der Waals surface area contributed by atoms with E-state index >= 15 is 0 Å². The molecule has 16 heavy (non-hydrogen) atoms. The van der Waals surface area contributed by atoms with Crippen molar-refractivity contribution in [3.8, 4) is 0 Å². The number of rotatable bonds is 4. The molecule has 1 aliphatic heterocycles. The van der Waals surface area contributed by atoms with Gasteiger partial charge in [-0.25, -0.2) is 0 Å². The molecule has 1 aliphatic rings. The molecule has 4 heteroatoms. The normalized spacial score (nSPS) is 27.5. The number of hydrogen-bond acceptors (Lipinski definition) is 4. The van der Waals surface area contributed by atoms with E-state index in [4.69, 9.17) is 10.5 Å². The number of ether oxygens (including phenoxy) is 1. The van der Waals surface area contributed by atoms with Crippen LogP contribution in [-0.2, 0) is 4.74 Å². The van der Waals surface area contributed by atoms with Crippen LogP contribution in [0.15, 0.2) is 17.5 Å². The molecule has 0 aromatic carbocycles. The van der Waals surface area contributed by atoms with Crippen molar-refractivity contribution in [2.45, 2.75) is 31.5 Å². The predicted octanol–water partition coefficient (Wildman–Crippen LogP) is 1.86. The molecule has 3 atom stereocenters. The summed E-state index contributed by atoms with van der Waals surface area (Å²) in [6.07, 6.45) is 1.43. The molecule has 90 valence electrons. The first kappa shape index (κ1) is 12.0. The smallest absolute Gasteiger partial charge is 0.0703 e. The van der Waals surface area contributed by atoms with Crippen molar-refractivity contribution >= 4 is 11.3 Å². The van der Waals surface area contributed by atoms with Gasteiger partial charge in [-0.05, 0) is 31.8 Å². The van der Waals surface area contributed by atoms with Crippen molar-refractivity contribution in [3.05, 3.63) is 22.4 Å². The van der Waals surface area contributed by atoms with Crippen molar-refractivity contribution in [2.75, 3.05) is 20.2 Å². The highest BCUT2D eigenvalue weighted by Crippen LogP contribution is 2.29. The topological polar surface area (TPSA) is 38.5 Å². The number of thiophene rings is 1. The van der Waals surface area contributed by atoms with E-state index in [2.05, 4.69) is 36.4 Å². The van der Waals surface area contributed by atoms with E-state index < -0.39 is 0 Å². The summed E-state index contributed by atoms with van der Waals surface area (Å²) in [6, 6.07) is 5.08. The Bertz CT molecular complexity index is 315. The van der Waals surface area contributed by atoms with Crippen LogP contribution in [0.1, 0.15) is 24.3 Å². The van der Waals surface area contributed by atoms with E-state index in [-0.39, 0.29) is 0 Å². The van der Waals surface area contributed by atoms with Crippen LogP contribution in [0, 0.1) is 0 Å². The zero-order valence-electron chi connectivity index (χ0n) is 9.93. The van der Waals surface area contributed by atoms with Crippen LogP contribution < -0.4 is 5.73 Å². The summed E-state index contributed by atoms with van der Waals surface area (Å²) >= 11 is 1.78. The summed E-state index contributed by atoms with van der Waals surface area (Å²) in [6.45, 7) is 3.69. The summed E-state index contributed by atoms with van der Waals surface area (Å²) in [5.41, 5.74) is 5.90. The Morgan fingerprint density at radius 1 is 1.69 bits per heavy atom. The van der Waals surface area contributed by atoms with Gasteiger partial charge in [0.2, 0.25) is 0 Å². The van der Waals surface area contributed by atoms with E-state index in [9.17, 15) is 0 Å². The monoisotopic (exact) mass is 240 g/mol. The molecular weight excluding hydrogens is 220 g/mol. The number of nitrogens with two attached hydrogens (primary N) is 1. The second-order valence-electron chi connectivity index (χ2n) is 4.36. The largest absolute Gasteiger partial charge is 0.377 e. The molecule has 0 amide bonds. The van der Waals surface area contributed by atoms with Crippen molar-refractivity contribution in [1.29, 1.82) is 0 Å². The lowest BCUT2D eigenvalue weighted by atomic mass is 10.1. The minimum Gasteiger partial charge on any atom is -0.377 e. The molecule has 3 nitrogen and oxygen atoms in total. The van der Waals surface area contributed by atoms with Gasteiger partial charge in [0.25, 0.3) is 0 Å². The Balaban J connectivity index is 2.09. The first-order valence-electron chi connectivity index (χ1n) is 5.81. The minimum atomic E-state index is 0.319. The van der Waals surface area contributed by atoms with Gasteiger partial charge in [0.1, 0.15) is 0 Å². The van der Waals surface area contributed by atoms with Gasteiger partial charge in [-0.15, -0.1) is 11.3 Å². The molecule has 0 saturated carbocycles. The lowest BCUT2D eigenvalue weighted by molar-refractivity contribution is 0.0692. The maximum atomic E-state index is 5.90. The number of hydrogen-bond donors (Lipinski definition) is 1. The highest BCUT2D eigenvalue weighted by Gasteiger charge is 2.32. The lowest BCUT2D eigenvalue weighted by Gasteiger charge is -2.33. The van der Waals surface area contributed by atoms with Crippen molar-refractivity contribution in [3.63, 3.8) is 0 Å². The summed E-state index contributed by atoms with van der Waals surface area (Å²) in [7, 11) is 2.16. The zero-order valence-corrected chi connectivity index (χ0v) is 10.7. The van der Waals surface area contributed by atoms with Gasteiger partial charge in [0, 0.05) is 24.1 Å². The van der Waals surface area contributed by atoms with Crippen LogP contribution >= 0.6 is 11.3 Å². The number of likely N-dealkylation sites (N-methyl/N-ethyl adjacent to an activating group) is 1. The van der Waals surface area contributed by atoms with Crippen LogP contribution in [0.4, 0.5) is 0 Å². The van der Waals surface area contributed by atoms with E-state index in [1.165, 1.54) is 4.88 Å². The van der Waals surface area contributed by atoms with E-state index in [0.29, 0.717) is 24.7 Å². The first-order valence-corrected chi connectivity index (χ1v) is 6.69. The Kier molecular flexibility index (Phi) is 3.97. The Hall–Kier alpha value is -0.420. The molecule has 0 spiro atoms. The summed E-state index contributed by atoms with van der Waals surface area (Å²) in [5, 5.41) is 2.11. The van der Waals surface area contributed by atoms with Crippen LogP contribution in [0.25, 0.3) is 0 Å². The average Bonchev–Trinajstić information content (AvgIpc) is 2.90. The Morgan fingerprint density at radius 2 is 2.50 bits per heavy atom. The fourth-order valence-electron chi connectivity index (χ4n) is 2.45. The lowest BCUT2D eigenvalue weighted by Crippen LogP contribution is -2.41. The molecule has 1 aromatic rings. The molecule has 0 aliphatic carbocycles. The zero-order chi connectivity index (χ0) is 11.5. The fourth-order valence-corrected chi connectivity index (χ4v) is 3.34. The van der Waals surface area contributed by atoms with Crippen LogP contribution in [0.2, 0.25) is 0 Å². The number of nitrogens with zero attached hydrogens (tertiary/aromatic N) is 1. The Labute approximate surface area is 101 Å². The minimum absolute atomic E-state index is 0.319. The van der Waals surface area contributed by atoms with Gasteiger partial charge in [0.05, 0.1) is 12.1 Å². The maximum Gasteiger partial charge on any atom is 0.0703 e. The van der Waals surface area contributed by atoms with Gasteiger partial charge < -0.3 is 10.5 Å². The van der Waals surface area contributed by atoms with E-state index in [0.717, 1.165) is 13.0 Å². The summed E-state index contributed by atoms with van der Waals surface area (Å²) < 4.78 is 5.62. The molecule has 0 radical (unpaired) electrons. The average molecular weight is 240 g/mol. The van der Waals surface area contributed by atoms with Gasteiger partial charge in [-0.1, -0.05) is 6.07 Å². The van der Waals surface area contributed by atoms with Crippen molar-refractivity contribution in [1.82, 2.24) is 4.90 Å². The van der Waals surface area contributed by atoms with Crippen molar-refractivity contribution < 1.29 is 4.74 Å². The molecule has 2 heterocycles. The third-order valence-corrected chi connectivity index (χ3v) is 4.42. The van der Waals surface area contributed by atoms with Gasteiger partial charge in [-0.3, -0.25) is 4.90 Å². The molecule has 3 unspecified atom stereocenters. The molecule has 0 bridgehead atoms. The van der Waals surface area contributed by atoms with Crippen LogP contribution in [0.3, 0.4) is 0 Å². The molecule has 2 rings (SSSR count). The predicted molar refractivity (Wildman–Crippen MR) is 67.7 cm³/mol. The standard InChI is InChI=1S/C12H20N2OS/c1-9-10(5-6-15-9)14(2)11(8-13)12-4-3-7-16-12/h3-4,7,9-11H,5-6,8,13H2,1-2H3. The highest BCUT2D eigenvalue weighted by atomic mass is 32.1. The van der Waals surface area contributed by atoms with Gasteiger partial charge >= 0.3 is 0 Å². The van der Waals surface area contributed by atoms with E-state index in [1.807, 2.05) is 0 Å². The molecule has 1 aromatic heterocycles. The molecule has 1 saturated heterocycles. The SMILES string of the molecule is CC1OCCC1N(C)C(CN)c1cccs1. The molecular formula is C12H20N2OS. The van der Waals surface area contributed by atoms with E-state index in [1.54, 1.807) is 11.3 Å². The third-order valence-electron chi connectivity index (χ3n) is 3.45. The Morgan fingerprint density at radius 3 is 3.00 bits per heavy atom. The first-order chi connectivity index (χ1) is 7.74. The summed E-state index contributed by atoms with van der Waals surface area (Å²) in [4.78, 5) is 3.73. The second kappa shape index (κ2) is 5.27. The van der Waals surface area contributed by atoms with Crippen LogP contribution in [0.5, 0.6) is 0 Å². The maximum absolute atomic E-state index is 5.90. The van der Waals surface area contributed by atoms with Crippen molar-refractivity contribution in [2.24, 2.45) is 5.73 Å². The van der Waals surface area contributed by atoms with Gasteiger partial charge in [-0.2, -0.15) is 0 Å². The second-order valence-corrected chi connectivity index (χ2v) is 5.34. The third kappa shape index (κ3) is 2.30. The molecule has 2 N–H and O–H groups in total. The van der Waals surface area contributed by atoms with Gasteiger partial charge in [0.15, 0.2) is 0 Å². The highest BCUT2D eigenvalue weighted by molar-refractivity contribution is 7.10. The van der Waals surface area contributed by atoms with Crippen LogP contribution in [-0.4, -0.2) is 37.2 Å². The molecule has 1 fully saturated rings. The summed E-state index contributed by atoms with van der Waals surface area (Å²) in [5.74, 6) is 0. The quantitative estimate of drug-likeness (QED) is 0.873.